The van der Waals surface area contributed by atoms with E-state index in [0.717, 1.165) is 31.6 Å². The third-order valence-corrected chi connectivity index (χ3v) is 8.00. The van der Waals surface area contributed by atoms with Crippen molar-refractivity contribution in [3.63, 3.8) is 0 Å². The van der Waals surface area contributed by atoms with E-state index in [9.17, 15) is 14.7 Å². The molecule has 224 valence electrons. The number of nitrogens with one attached hydrogen (secondary N) is 2. The first-order chi connectivity index (χ1) is 19.0. The van der Waals surface area contributed by atoms with E-state index < -0.39 is 11.2 Å². The number of rotatable bonds is 24. The van der Waals surface area contributed by atoms with Crippen LogP contribution in [0.1, 0.15) is 135 Å². The topological polar surface area (TPSA) is 105 Å². The maximum Gasteiger partial charge on any atom is 0.329 e. The second kappa shape index (κ2) is 20.0. The number of H-pyrrole nitrogens is 1. The van der Waals surface area contributed by atoms with E-state index in [1.54, 1.807) is 11.6 Å². The van der Waals surface area contributed by atoms with Crippen molar-refractivity contribution in [3.8, 4) is 0 Å². The molecule has 2 rings (SSSR count). The molecule has 0 bridgehead atoms. The van der Waals surface area contributed by atoms with E-state index in [1.165, 1.54) is 107 Å². The molecule has 0 radical (unpaired) electrons. The summed E-state index contributed by atoms with van der Waals surface area (Å²) in [6, 6.07) is 0. The van der Waals surface area contributed by atoms with Crippen LogP contribution < -0.4 is 16.6 Å². The molecule has 1 atom stereocenters. The minimum absolute atomic E-state index is 0.338. The second-order valence-corrected chi connectivity index (χ2v) is 11.5. The zero-order valence-corrected chi connectivity index (χ0v) is 25.2. The molecule has 2 heterocycles. The van der Waals surface area contributed by atoms with Crippen molar-refractivity contribution in [3.05, 3.63) is 26.7 Å². The summed E-state index contributed by atoms with van der Waals surface area (Å²) < 4.78 is 3.14. The Morgan fingerprint density at radius 3 is 1.87 bits per heavy atom. The number of imidazole rings is 1. The molecule has 0 aromatic carbocycles. The van der Waals surface area contributed by atoms with Gasteiger partial charge in [-0.05, 0) is 25.8 Å². The van der Waals surface area contributed by atoms with Crippen LogP contribution in [0.25, 0.3) is 11.2 Å². The lowest BCUT2D eigenvalue weighted by molar-refractivity contribution is 0.158. The molecular weight excluding hydrogens is 490 g/mol. The van der Waals surface area contributed by atoms with Gasteiger partial charge in [0, 0.05) is 27.1 Å². The second-order valence-electron chi connectivity index (χ2n) is 11.5. The monoisotopic (exact) mass is 547 g/mol. The van der Waals surface area contributed by atoms with Gasteiger partial charge in [-0.2, -0.15) is 0 Å². The number of fused-ring (bicyclic) bond motifs is 1. The minimum atomic E-state index is -0.452. The van der Waals surface area contributed by atoms with Crippen molar-refractivity contribution in [1.29, 1.82) is 0 Å². The highest BCUT2D eigenvalue weighted by atomic mass is 16.3. The van der Waals surface area contributed by atoms with Gasteiger partial charge >= 0.3 is 5.69 Å². The Bertz CT molecular complexity index is 1030. The minimum Gasteiger partial charge on any atom is -0.392 e. The summed E-state index contributed by atoms with van der Waals surface area (Å²) in [5.74, 6) is 0.785. The first kappa shape index (κ1) is 33.3. The summed E-state index contributed by atoms with van der Waals surface area (Å²) in [5.41, 5.74) is -0.0162. The fourth-order valence-electron chi connectivity index (χ4n) is 5.41. The van der Waals surface area contributed by atoms with Crippen LogP contribution in [0.2, 0.25) is 0 Å². The van der Waals surface area contributed by atoms with E-state index in [0.29, 0.717) is 24.1 Å². The fraction of sp³-hybridized carbons (Fsp3) is 0.839. The molecule has 0 aliphatic heterocycles. The van der Waals surface area contributed by atoms with Gasteiger partial charge in [0.15, 0.2) is 11.2 Å². The molecule has 0 amide bonds. The quantitative estimate of drug-likeness (QED) is 0.142. The average molecular weight is 548 g/mol. The van der Waals surface area contributed by atoms with Gasteiger partial charge in [-0.15, -0.1) is 0 Å². The molecule has 39 heavy (non-hydrogen) atoms. The maximum absolute atomic E-state index is 12.1. The number of aryl methyl sites for hydroxylation is 3. The zero-order valence-electron chi connectivity index (χ0n) is 25.2. The maximum atomic E-state index is 12.1. The van der Waals surface area contributed by atoms with Gasteiger partial charge in [-0.25, -0.2) is 9.78 Å². The van der Waals surface area contributed by atoms with Gasteiger partial charge in [0.25, 0.3) is 5.56 Å². The summed E-state index contributed by atoms with van der Waals surface area (Å²) in [6.07, 6.45) is 25.0. The van der Waals surface area contributed by atoms with Crippen LogP contribution in [0.4, 0.5) is 0 Å². The van der Waals surface area contributed by atoms with E-state index in [4.69, 9.17) is 0 Å². The normalized spacial score (nSPS) is 12.5. The average Bonchev–Trinajstić information content (AvgIpc) is 3.25. The molecule has 0 aliphatic carbocycles. The van der Waals surface area contributed by atoms with Crippen LogP contribution in [0.3, 0.4) is 0 Å². The molecule has 3 N–H and O–H groups in total. The molecule has 0 saturated heterocycles. The molecule has 1 unspecified atom stereocenters. The summed E-state index contributed by atoms with van der Waals surface area (Å²) >= 11 is 0. The highest BCUT2D eigenvalue weighted by Crippen LogP contribution is 2.14. The smallest absolute Gasteiger partial charge is 0.329 e. The molecular formula is C31H57N5O3. The number of aliphatic hydroxyl groups excluding tert-OH is 1. The number of unbranched alkanes of at least 4 members (excludes halogenated alkanes) is 16. The van der Waals surface area contributed by atoms with Gasteiger partial charge in [0.2, 0.25) is 0 Å². The Labute approximate surface area is 236 Å². The van der Waals surface area contributed by atoms with Crippen molar-refractivity contribution < 1.29 is 5.11 Å². The Hall–Kier alpha value is -1.93. The highest BCUT2D eigenvalue weighted by Gasteiger charge is 2.14. The van der Waals surface area contributed by atoms with Crippen LogP contribution >= 0.6 is 0 Å². The summed E-state index contributed by atoms with van der Waals surface area (Å²) in [7, 11) is 3.42. The number of aliphatic hydroxyl groups is 1. The predicted octanol–water partition coefficient (Wildman–Crippen LogP) is 5.89. The molecule has 0 aliphatic rings. The van der Waals surface area contributed by atoms with Gasteiger partial charge in [0.1, 0.15) is 5.82 Å². The molecule has 0 spiro atoms. The van der Waals surface area contributed by atoms with Crippen molar-refractivity contribution in [2.24, 2.45) is 14.1 Å². The molecule has 2 aromatic heterocycles. The summed E-state index contributed by atoms with van der Waals surface area (Å²) in [4.78, 5) is 30.8. The number of hydrogen-bond donors (Lipinski definition) is 3. The lowest BCUT2D eigenvalue weighted by atomic mass is 10.0. The van der Waals surface area contributed by atoms with Crippen molar-refractivity contribution >= 4 is 11.2 Å². The van der Waals surface area contributed by atoms with Gasteiger partial charge in [0.05, 0.1) is 6.10 Å². The molecule has 2 aromatic rings. The first-order valence-electron chi connectivity index (χ1n) is 16.0. The Balaban J connectivity index is 1.39. The Morgan fingerprint density at radius 1 is 0.769 bits per heavy atom. The SMILES string of the molecule is CCCCCCCCCCCCCCCCCCNCC(O)CCCCc1nc2c(c(=O)[nH]c(=O)n2C)n1C. The van der Waals surface area contributed by atoms with Gasteiger partial charge in [-0.1, -0.05) is 110 Å². The summed E-state index contributed by atoms with van der Waals surface area (Å²) in [6.45, 7) is 3.90. The van der Waals surface area contributed by atoms with E-state index in [2.05, 4.69) is 22.2 Å². The Morgan fingerprint density at radius 2 is 1.31 bits per heavy atom. The largest absolute Gasteiger partial charge is 0.392 e. The highest BCUT2D eigenvalue weighted by molar-refractivity contribution is 5.70. The molecule has 0 fully saturated rings. The van der Waals surface area contributed by atoms with Crippen LogP contribution in [0.5, 0.6) is 0 Å². The number of nitrogens with zero attached hydrogens (tertiary/aromatic N) is 3. The van der Waals surface area contributed by atoms with Crippen molar-refractivity contribution in [1.82, 2.24) is 24.4 Å². The number of aromatic amines is 1. The lowest BCUT2D eigenvalue weighted by Crippen LogP contribution is -2.29. The van der Waals surface area contributed by atoms with Gasteiger partial charge in [-0.3, -0.25) is 14.3 Å². The predicted molar refractivity (Wildman–Crippen MR) is 163 cm³/mol. The van der Waals surface area contributed by atoms with Crippen molar-refractivity contribution in [2.45, 2.75) is 141 Å². The van der Waals surface area contributed by atoms with E-state index >= 15 is 0 Å². The lowest BCUT2D eigenvalue weighted by Gasteiger charge is -2.11. The third-order valence-electron chi connectivity index (χ3n) is 8.00. The molecule has 0 saturated carbocycles. The fourth-order valence-corrected chi connectivity index (χ4v) is 5.41. The van der Waals surface area contributed by atoms with Crippen LogP contribution in [-0.4, -0.2) is 43.4 Å². The molecule has 8 nitrogen and oxygen atoms in total. The van der Waals surface area contributed by atoms with Crippen molar-refractivity contribution in [2.75, 3.05) is 13.1 Å². The van der Waals surface area contributed by atoms with Gasteiger partial charge < -0.3 is 15.0 Å². The number of hydrogen-bond acceptors (Lipinski definition) is 5. The van der Waals surface area contributed by atoms with E-state index in [1.807, 2.05) is 7.05 Å². The van der Waals surface area contributed by atoms with E-state index in [-0.39, 0.29) is 6.10 Å². The number of aromatic nitrogens is 4. The van der Waals surface area contributed by atoms with Crippen LogP contribution in [-0.2, 0) is 20.5 Å². The van der Waals surface area contributed by atoms with Crippen LogP contribution in [0, 0.1) is 0 Å². The first-order valence-corrected chi connectivity index (χ1v) is 16.0. The van der Waals surface area contributed by atoms with Crippen LogP contribution in [0.15, 0.2) is 9.59 Å². The zero-order chi connectivity index (χ0) is 28.3. The molecule has 8 heteroatoms. The standard InChI is InChI=1S/C31H57N5O3/c1-4-5-6-7-8-9-10-11-12-13-14-15-16-17-18-21-24-32-25-26(37)22-19-20-23-27-33-29-28(35(27)2)30(38)34-31(39)36(29)3/h26,32,37H,4-25H2,1-3H3,(H,34,38,39). The third kappa shape index (κ3) is 12.9. The summed E-state index contributed by atoms with van der Waals surface area (Å²) in [5, 5.41) is 13.7. The Kier molecular flexibility index (Phi) is 17.1.